The summed E-state index contributed by atoms with van der Waals surface area (Å²) in [7, 11) is 1.50. The molecule has 0 aliphatic carbocycles. The van der Waals surface area contributed by atoms with E-state index in [0.29, 0.717) is 50.3 Å². The molecule has 230 valence electrons. The van der Waals surface area contributed by atoms with Gasteiger partial charge in [-0.2, -0.15) is 5.10 Å². The summed E-state index contributed by atoms with van der Waals surface area (Å²) in [6.45, 7) is 3.27. The van der Waals surface area contributed by atoms with Crippen molar-refractivity contribution in [1.29, 1.82) is 0 Å². The normalized spacial score (nSPS) is 14.5. The number of hydrogen-bond acceptors (Lipinski definition) is 8. The average molecular weight is 733 g/mol. The van der Waals surface area contributed by atoms with Gasteiger partial charge >= 0.3 is 5.97 Å². The first-order valence-corrected chi connectivity index (χ1v) is 14.9. The van der Waals surface area contributed by atoms with E-state index in [1.807, 2.05) is 0 Å². The van der Waals surface area contributed by atoms with E-state index in [1.165, 1.54) is 19.4 Å². The highest BCUT2D eigenvalue weighted by Gasteiger charge is 2.32. The van der Waals surface area contributed by atoms with E-state index in [2.05, 4.69) is 43.8 Å². The molecule has 1 atom stereocenters. The van der Waals surface area contributed by atoms with Crippen LogP contribution in [0.3, 0.4) is 0 Å². The molecular weight excluding hydrogens is 702 g/mol. The van der Waals surface area contributed by atoms with Crippen LogP contribution in [0.5, 0.6) is 17.2 Å². The summed E-state index contributed by atoms with van der Waals surface area (Å²) in [4.78, 5) is 25.5. The maximum atomic E-state index is 14.1. The van der Waals surface area contributed by atoms with Crippen molar-refractivity contribution in [2.75, 3.05) is 20.3 Å². The molecule has 0 unspecified atom stereocenters. The minimum absolute atomic E-state index is 0.0344. The van der Waals surface area contributed by atoms with Crippen molar-refractivity contribution >= 4 is 58.0 Å². The molecule has 13 heteroatoms. The van der Waals surface area contributed by atoms with Gasteiger partial charge in [0.05, 0.1) is 31.5 Å². The number of benzene rings is 3. The van der Waals surface area contributed by atoms with Gasteiger partial charge in [0, 0.05) is 26.0 Å². The zero-order chi connectivity index (χ0) is 31.6. The number of para-hydroxylation sites is 1. The smallest absolute Gasteiger partial charge is 0.338 e. The Hall–Kier alpha value is -4.24. The monoisotopic (exact) mass is 732 g/mol. The lowest BCUT2D eigenvalue weighted by Gasteiger charge is -2.30. The Bertz CT molecular complexity index is 1620. The van der Waals surface area contributed by atoms with Crippen LogP contribution in [-0.4, -0.2) is 43.5 Å². The molecule has 0 fully saturated rings. The minimum atomic E-state index is -0.654. The quantitative estimate of drug-likeness (QED) is 0.0786. The molecule has 1 heterocycles. The van der Waals surface area contributed by atoms with Crippen LogP contribution in [-0.2, 0) is 20.9 Å². The third-order valence-corrected chi connectivity index (χ3v) is 7.19. The maximum absolute atomic E-state index is 14.1. The molecule has 1 amide bonds. The second kappa shape index (κ2) is 15.5. The van der Waals surface area contributed by atoms with Crippen molar-refractivity contribution in [1.82, 2.24) is 16.1 Å². The average Bonchev–Trinajstić information content (AvgIpc) is 2.99. The highest BCUT2D eigenvalue weighted by molar-refractivity contribution is 14.1. The number of amides is 1. The van der Waals surface area contributed by atoms with Gasteiger partial charge in [-0.3, -0.25) is 4.79 Å². The fourth-order valence-electron chi connectivity index (χ4n) is 4.36. The standard InChI is InChI=1S/C31H30FIN4O6S/c1-4-41-30(39)27-18(2)35-31(44)36-28(27)22-10-6-8-12-24(22)42-17-26(38)37-34-15-20-13-21(33)14-25(40-3)29(20)43-16-19-9-5-7-11-23(19)32/h5-15,28H,4,16-17H2,1-3H3,(H,37,38)(H2,35,36,44)/t28-/m0/s1. The predicted octanol–water partition coefficient (Wildman–Crippen LogP) is 4.90. The van der Waals surface area contributed by atoms with Crippen LogP contribution in [0.15, 0.2) is 77.0 Å². The topological polar surface area (TPSA) is 120 Å². The van der Waals surface area contributed by atoms with Gasteiger partial charge in [0.2, 0.25) is 0 Å². The highest BCUT2D eigenvalue weighted by atomic mass is 127. The van der Waals surface area contributed by atoms with Crippen molar-refractivity contribution in [3.63, 3.8) is 0 Å². The zero-order valence-electron chi connectivity index (χ0n) is 24.1. The van der Waals surface area contributed by atoms with Crippen molar-refractivity contribution in [3.05, 3.63) is 98.0 Å². The van der Waals surface area contributed by atoms with Gasteiger partial charge in [-0.25, -0.2) is 14.6 Å². The van der Waals surface area contributed by atoms with Gasteiger partial charge in [0.25, 0.3) is 5.91 Å². The van der Waals surface area contributed by atoms with Crippen molar-refractivity contribution in [2.24, 2.45) is 5.10 Å². The Kier molecular flexibility index (Phi) is 11.5. The summed E-state index contributed by atoms with van der Waals surface area (Å²) in [5.74, 6) is -0.277. The molecule has 3 N–H and O–H groups in total. The van der Waals surface area contributed by atoms with Crippen LogP contribution in [0.1, 0.15) is 36.6 Å². The highest BCUT2D eigenvalue weighted by Crippen LogP contribution is 2.35. The van der Waals surface area contributed by atoms with Gasteiger partial charge < -0.3 is 29.6 Å². The Morgan fingerprint density at radius 3 is 2.61 bits per heavy atom. The van der Waals surface area contributed by atoms with Gasteiger partial charge in [0.1, 0.15) is 18.2 Å². The molecule has 4 rings (SSSR count). The second-order valence-electron chi connectivity index (χ2n) is 9.32. The summed E-state index contributed by atoms with van der Waals surface area (Å²) in [5.41, 5.74) is 4.84. The first-order chi connectivity index (χ1) is 21.2. The first-order valence-electron chi connectivity index (χ1n) is 13.4. The number of hydrazone groups is 1. The van der Waals surface area contributed by atoms with E-state index in [0.717, 1.165) is 3.57 Å². The molecule has 3 aromatic carbocycles. The molecule has 1 aliphatic heterocycles. The van der Waals surface area contributed by atoms with Crippen LogP contribution >= 0.6 is 34.8 Å². The summed E-state index contributed by atoms with van der Waals surface area (Å²) >= 11 is 7.44. The maximum Gasteiger partial charge on any atom is 0.338 e. The zero-order valence-corrected chi connectivity index (χ0v) is 27.1. The van der Waals surface area contributed by atoms with Crippen molar-refractivity contribution in [2.45, 2.75) is 26.5 Å². The van der Waals surface area contributed by atoms with Crippen LogP contribution in [0.25, 0.3) is 0 Å². The Morgan fingerprint density at radius 2 is 1.86 bits per heavy atom. The lowest BCUT2D eigenvalue weighted by Crippen LogP contribution is -2.45. The number of rotatable bonds is 12. The molecule has 44 heavy (non-hydrogen) atoms. The summed E-state index contributed by atoms with van der Waals surface area (Å²) in [6, 6.07) is 16.2. The van der Waals surface area contributed by atoms with E-state index in [4.69, 9.17) is 31.2 Å². The first kappa shape index (κ1) is 32.7. The number of hydrogen-bond donors (Lipinski definition) is 3. The fraction of sp³-hybridized carbons (Fsp3) is 0.226. The van der Waals surface area contributed by atoms with Crippen LogP contribution in [0, 0.1) is 9.39 Å². The molecule has 0 spiro atoms. The van der Waals surface area contributed by atoms with Crippen LogP contribution in [0.2, 0.25) is 0 Å². The third-order valence-electron chi connectivity index (χ3n) is 6.34. The van der Waals surface area contributed by atoms with Gasteiger partial charge in [-0.15, -0.1) is 0 Å². The Labute approximate surface area is 273 Å². The van der Waals surface area contributed by atoms with E-state index >= 15 is 0 Å². The van der Waals surface area contributed by atoms with Gasteiger partial charge in [0.15, 0.2) is 23.2 Å². The lowest BCUT2D eigenvalue weighted by molar-refractivity contribution is -0.139. The molecule has 3 aromatic rings. The molecule has 0 saturated carbocycles. The number of carbonyl (C=O) groups excluding carboxylic acids is 2. The van der Waals surface area contributed by atoms with Crippen molar-refractivity contribution in [3.8, 4) is 17.2 Å². The van der Waals surface area contributed by atoms with Gasteiger partial charge in [-0.05, 0) is 72.9 Å². The molecule has 0 radical (unpaired) electrons. The number of thiocarbonyl (C=S) groups is 1. The second-order valence-corrected chi connectivity index (χ2v) is 11.0. The van der Waals surface area contributed by atoms with E-state index in [-0.39, 0.29) is 25.6 Å². The number of ether oxygens (including phenoxy) is 4. The van der Waals surface area contributed by atoms with Gasteiger partial charge in [-0.1, -0.05) is 36.4 Å². The number of nitrogens with zero attached hydrogens (tertiary/aromatic N) is 1. The summed E-state index contributed by atoms with van der Waals surface area (Å²) in [5, 5.41) is 10.4. The summed E-state index contributed by atoms with van der Waals surface area (Å²) < 4.78 is 37.5. The van der Waals surface area contributed by atoms with E-state index < -0.39 is 17.9 Å². The Balaban J connectivity index is 1.46. The molecule has 0 aromatic heterocycles. The minimum Gasteiger partial charge on any atom is -0.493 e. The lowest BCUT2D eigenvalue weighted by atomic mass is 9.95. The van der Waals surface area contributed by atoms with E-state index in [1.54, 1.807) is 68.4 Å². The molecule has 0 saturated heterocycles. The molecule has 10 nitrogen and oxygen atoms in total. The SMILES string of the molecule is CCOC(=O)C1=C(C)NC(=S)N[C@H]1c1ccccc1OCC(=O)NN=Cc1cc(I)cc(OC)c1OCc1ccccc1F. The van der Waals surface area contributed by atoms with E-state index in [9.17, 15) is 14.0 Å². The largest absolute Gasteiger partial charge is 0.493 e. The number of halogens is 2. The number of carbonyl (C=O) groups is 2. The van der Waals surface area contributed by atoms with Crippen LogP contribution in [0.4, 0.5) is 4.39 Å². The predicted molar refractivity (Wildman–Crippen MR) is 175 cm³/mol. The summed E-state index contributed by atoms with van der Waals surface area (Å²) in [6.07, 6.45) is 1.41. The van der Waals surface area contributed by atoms with Crippen LogP contribution < -0.4 is 30.3 Å². The number of nitrogens with one attached hydrogen (secondary N) is 3. The van der Waals surface area contributed by atoms with Crippen molar-refractivity contribution < 1.29 is 32.9 Å². The molecule has 0 bridgehead atoms. The number of esters is 1. The Morgan fingerprint density at radius 1 is 1.11 bits per heavy atom. The number of allylic oxidation sites excluding steroid dienone is 1. The molecular formula is C31H30FIN4O6S. The third kappa shape index (κ3) is 8.23. The molecule has 1 aliphatic rings. The number of methoxy groups -OCH3 is 1. The fourth-order valence-corrected chi connectivity index (χ4v) is 5.25.